The molecule has 0 N–H and O–H groups in total. The first-order chi connectivity index (χ1) is 3.68. The van der Waals surface area contributed by atoms with Crippen LogP contribution in [0.1, 0.15) is 13.8 Å². The maximum absolute atomic E-state index is 10.4. The van der Waals surface area contributed by atoms with Crippen molar-refractivity contribution >= 4 is 5.97 Å². The van der Waals surface area contributed by atoms with Crippen LogP contribution in [0.2, 0.25) is 0 Å². The summed E-state index contributed by atoms with van der Waals surface area (Å²) < 4.78 is 4.54. The summed E-state index contributed by atoms with van der Waals surface area (Å²) in [5.74, 6) is -0.831. The molecular formula is C6H10O2. The van der Waals surface area contributed by atoms with Crippen molar-refractivity contribution < 1.29 is 9.53 Å². The molecule has 2 heteroatoms. The Hall–Kier alpha value is -0.530. The molecule has 2 radical (unpaired) electrons. The van der Waals surface area contributed by atoms with Gasteiger partial charge in [0.1, 0.15) is 0 Å². The number of hydrogen-bond donors (Lipinski definition) is 0. The van der Waals surface area contributed by atoms with Gasteiger partial charge in [-0.2, -0.15) is 0 Å². The highest BCUT2D eigenvalue weighted by molar-refractivity contribution is 5.72. The van der Waals surface area contributed by atoms with Crippen molar-refractivity contribution in [3.63, 3.8) is 0 Å². The molecule has 0 saturated heterocycles. The van der Waals surface area contributed by atoms with Gasteiger partial charge in [-0.1, -0.05) is 6.92 Å². The maximum atomic E-state index is 10.4. The average molecular weight is 114 g/mol. The van der Waals surface area contributed by atoms with Crippen LogP contribution in [0, 0.1) is 12.8 Å². The van der Waals surface area contributed by atoms with Crippen LogP contribution in [0.3, 0.4) is 0 Å². The van der Waals surface area contributed by atoms with Crippen LogP contribution < -0.4 is 0 Å². The second-order valence-corrected chi connectivity index (χ2v) is 1.54. The summed E-state index contributed by atoms with van der Waals surface area (Å²) in [6.07, 6.45) is 0. The fourth-order valence-electron chi connectivity index (χ4n) is 0.274. The Morgan fingerprint density at radius 3 is 2.50 bits per heavy atom. The lowest BCUT2D eigenvalue weighted by Crippen LogP contribution is -2.10. The van der Waals surface area contributed by atoms with Crippen molar-refractivity contribution in [1.82, 2.24) is 0 Å². The van der Waals surface area contributed by atoms with E-state index in [2.05, 4.69) is 4.74 Å². The molecule has 0 amide bonds. The van der Waals surface area contributed by atoms with Crippen molar-refractivity contribution in [3.05, 3.63) is 6.92 Å². The number of carbonyl (C=O) groups excluding carboxylic acids is 1. The van der Waals surface area contributed by atoms with E-state index < -0.39 is 5.92 Å². The standard InChI is InChI=1S/C6H10O2/c1-4-8-6(7)5(2)3/h2,5H,4H2,1,3H3. The second kappa shape index (κ2) is 3.47. The van der Waals surface area contributed by atoms with Crippen LogP contribution in [-0.4, -0.2) is 12.6 Å². The molecule has 0 heterocycles. The fourth-order valence-corrected chi connectivity index (χ4v) is 0.274. The van der Waals surface area contributed by atoms with Crippen molar-refractivity contribution in [1.29, 1.82) is 0 Å². The number of esters is 1. The third-order valence-electron chi connectivity index (χ3n) is 0.658. The van der Waals surface area contributed by atoms with Crippen LogP contribution in [-0.2, 0) is 9.53 Å². The summed E-state index contributed by atoms with van der Waals surface area (Å²) >= 11 is 0. The zero-order valence-electron chi connectivity index (χ0n) is 5.18. The molecular weight excluding hydrogens is 104 g/mol. The van der Waals surface area contributed by atoms with Crippen molar-refractivity contribution in [2.24, 2.45) is 5.92 Å². The van der Waals surface area contributed by atoms with E-state index in [0.29, 0.717) is 6.61 Å². The Bertz CT molecular complexity index is 76.6. The number of rotatable bonds is 2. The van der Waals surface area contributed by atoms with E-state index in [1.54, 1.807) is 13.8 Å². The molecule has 8 heavy (non-hydrogen) atoms. The first-order valence-corrected chi connectivity index (χ1v) is 2.60. The summed E-state index contributed by atoms with van der Waals surface area (Å²) in [7, 11) is 0. The smallest absolute Gasteiger partial charge is 0.308 e. The van der Waals surface area contributed by atoms with E-state index in [0.717, 1.165) is 0 Å². The molecule has 2 nitrogen and oxygen atoms in total. The molecule has 0 bridgehead atoms. The van der Waals surface area contributed by atoms with Gasteiger partial charge in [-0.15, -0.1) is 0 Å². The first kappa shape index (κ1) is 7.47. The molecule has 0 aliphatic heterocycles. The number of carbonyl (C=O) groups is 1. The van der Waals surface area contributed by atoms with E-state index in [1.165, 1.54) is 0 Å². The molecule has 46 valence electrons. The topological polar surface area (TPSA) is 26.3 Å². The molecule has 0 aliphatic rings. The lowest BCUT2D eigenvalue weighted by molar-refractivity contribution is -0.145. The van der Waals surface area contributed by atoms with Gasteiger partial charge in [0.2, 0.25) is 0 Å². The quantitative estimate of drug-likeness (QED) is 0.498. The summed E-state index contributed by atoms with van der Waals surface area (Å²) in [6.45, 7) is 8.90. The zero-order valence-corrected chi connectivity index (χ0v) is 5.18. The SMILES string of the molecule is [CH]C(C)C(=O)OCC. The highest BCUT2D eigenvalue weighted by atomic mass is 16.5. The van der Waals surface area contributed by atoms with Crippen molar-refractivity contribution in [2.75, 3.05) is 6.61 Å². The Morgan fingerprint density at radius 2 is 2.38 bits per heavy atom. The normalized spacial score (nSPS) is 9.50. The third-order valence-corrected chi connectivity index (χ3v) is 0.658. The van der Waals surface area contributed by atoms with Crippen LogP contribution in [0.15, 0.2) is 0 Å². The van der Waals surface area contributed by atoms with Gasteiger partial charge in [-0.25, -0.2) is 0 Å². The van der Waals surface area contributed by atoms with Gasteiger partial charge in [0.05, 0.1) is 12.5 Å². The first-order valence-electron chi connectivity index (χ1n) is 2.60. The summed E-state index contributed by atoms with van der Waals surface area (Å²) in [4.78, 5) is 10.4. The molecule has 0 aromatic heterocycles. The molecule has 1 unspecified atom stereocenters. The minimum absolute atomic E-state index is 0.340. The van der Waals surface area contributed by atoms with E-state index in [1.807, 2.05) is 0 Å². The monoisotopic (exact) mass is 114 g/mol. The van der Waals surface area contributed by atoms with Gasteiger partial charge in [-0.05, 0) is 13.8 Å². The molecule has 0 aromatic rings. The Morgan fingerprint density at radius 1 is 1.88 bits per heavy atom. The number of hydrogen-bond acceptors (Lipinski definition) is 2. The predicted octanol–water partition coefficient (Wildman–Crippen LogP) is 0.897. The van der Waals surface area contributed by atoms with Gasteiger partial charge in [-0.3, -0.25) is 4.79 Å². The molecule has 0 aliphatic carbocycles. The van der Waals surface area contributed by atoms with Crippen molar-refractivity contribution in [2.45, 2.75) is 13.8 Å². The lowest BCUT2D eigenvalue weighted by atomic mass is 10.2. The minimum atomic E-state index is -0.491. The van der Waals surface area contributed by atoms with Crippen LogP contribution in [0.4, 0.5) is 0 Å². The Labute approximate surface area is 49.8 Å². The van der Waals surface area contributed by atoms with Gasteiger partial charge in [0, 0.05) is 0 Å². The lowest BCUT2D eigenvalue weighted by Gasteiger charge is -2.01. The maximum Gasteiger partial charge on any atom is 0.308 e. The Kier molecular flexibility index (Phi) is 3.24. The van der Waals surface area contributed by atoms with Crippen LogP contribution in [0.5, 0.6) is 0 Å². The van der Waals surface area contributed by atoms with Crippen LogP contribution in [0.25, 0.3) is 0 Å². The average Bonchev–Trinajstić information content (AvgIpc) is 1.67. The molecule has 0 aromatic carbocycles. The van der Waals surface area contributed by atoms with Crippen LogP contribution >= 0.6 is 0 Å². The molecule has 1 atom stereocenters. The van der Waals surface area contributed by atoms with Gasteiger partial charge < -0.3 is 4.74 Å². The van der Waals surface area contributed by atoms with E-state index >= 15 is 0 Å². The summed E-state index contributed by atoms with van der Waals surface area (Å²) in [6, 6.07) is 0. The van der Waals surface area contributed by atoms with E-state index in [-0.39, 0.29) is 5.97 Å². The molecule has 0 fully saturated rings. The fraction of sp³-hybridized carbons (Fsp3) is 0.667. The van der Waals surface area contributed by atoms with E-state index in [4.69, 9.17) is 6.92 Å². The second-order valence-electron chi connectivity index (χ2n) is 1.54. The Balaban J connectivity index is 3.33. The highest BCUT2D eigenvalue weighted by Crippen LogP contribution is 1.93. The molecule has 0 saturated carbocycles. The zero-order chi connectivity index (χ0) is 6.57. The number of ether oxygens (including phenoxy) is 1. The summed E-state index contributed by atoms with van der Waals surface area (Å²) in [5.41, 5.74) is 0. The molecule has 0 rings (SSSR count). The minimum Gasteiger partial charge on any atom is -0.466 e. The predicted molar refractivity (Wildman–Crippen MR) is 30.1 cm³/mol. The van der Waals surface area contributed by atoms with Gasteiger partial charge in [0.25, 0.3) is 0 Å². The van der Waals surface area contributed by atoms with Gasteiger partial charge >= 0.3 is 5.97 Å². The third kappa shape index (κ3) is 2.61. The molecule has 0 spiro atoms. The highest BCUT2D eigenvalue weighted by Gasteiger charge is 2.05. The van der Waals surface area contributed by atoms with Gasteiger partial charge in [0.15, 0.2) is 0 Å². The van der Waals surface area contributed by atoms with Crippen molar-refractivity contribution in [3.8, 4) is 0 Å². The summed E-state index contributed by atoms with van der Waals surface area (Å²) in [5, 5.41) is 0. The van der Waals surface area contributed by atoms with E-state index in [9.17, 15) is 4.79 Å². The largest absolute Gasteiger partial charge is 0.466 e.